The Bertz CT molecular complexity index is 2350. The lowest BCUT2D eigenvalue weighted by Crippen LogP contribution is -2.18. The molecule has 1 heterocycles. The average molecular weight is 722 g/mol. The zero-order chi connectivity index (χ0) is 38.7. The van der Waals surface area contributed by atoms with Crippen molar-refractivity contribution in [3.05, 3.63) is 199 Å². The zero-order valence-electron chi connectivity index (χ0n) is 33.3. The molecule has 0 unspecified atom stereocenters. The second-order valence-electron chi connectivity index (χ2n) is 14.0. The van der Waals surface area contributed by atoms with Crippen molar-refractivity contribution in [1.82, 2.24) is 4.57 Å². The smallest absolute Gasteiger partial charge is 0.0721 e. The summed E-state index contributed by atoms with van der Waals surface area (Å²) in [6.07, 6.45) is 31.1. The third-order valence-corrected chi connectivity index (χ3v) is 10.1. The highest BCUT2D eigenvalue weighted by Crippen LogP contribution is 2.44. The number of allylic oxidation sites excluding steroid dienone is 13. The molecule has 0 fully saturated rings. The maximum Gasteiger partial charge on any atom is 0.0721 e. The Hall–Kier alpha value is -6.06. The number of aromatic nitrogens is 1. The van der Waals surface area contributed by atoms with Gasteiger partial charge in [0.2, 0.25) is 0 Å². The SMILES string of the molecule is C=CCc1cc(/C(C=C)=C/C=C\C)cc(N(c2ccc(N(C3=CCCC=C3)c3cn(C(/C=C\CC)=C/CC)c4ccccc34)c(C)c2)c2ccccc2C)c1. The molecule has 0 N–H and O–H groups in total. The van der Waals surface area contributed by atoms with Crippen LogP contribution in [0.4, 0.5) is 28.4 Å². The summed E-state index contributed by atoms with van der Waals surface area (Å²) in [4.78, 5) is 4.86. The molecule has 0 aliphatic heterocycles. The van der Waals surface area contributed by atoms with E-state index in [-0.39, 0.29) is 0 Å². The molecule has 6 rings (SSSR count). The highest BCUT2D eigenvalue weighted by Gasteiger charge is 2.24. The van der Waals surface area contributed by atoms with E-state index in [1.807, 2.05) is 25.2 Å². The third kappa shape index (κ3) is 8.53. The number of para-hydroxylation sites is 2. The molecular weight excluding hydrogens is 667 g/mol. The van der Waals surface area contributed by atoms with Gasteiger partial charge in [0.1, 0.15) is 0 Å². The van der Waals surface area contributed by atoms with Crippen molar-refractivity contribution in [2.45, 2.75) is 66.7 Å². The minimum atomic E-state index is 0.767. The number of aryl methyl sites for hydroxylation is 2. The molecule has 3 heteroatoms. The Balaban J connectivity index is 1.56. The zero-order valence-corrected chi connectivity index (χ0v) is 33.3. The number of rotatable bonds is 15. The van der Waals surface area contributed by atoms with Crippen LogP contribution in [0.1, 0.15) is 68.7 Å². The fourth-order valence-corrected chi connectivity index (χ4v) is 7.43. The molecule has 0 atom stereocenters. The third-order valence-electron chi connectivity index (χ3n) is 10.1. The Morgan fingerprint density at radius 3 is 2.31 bits per heavy atom. The average Bonchev–Trinajstić information content (AvgIpc) is 3.58. The molecule has 5 aromatic rings. The van der Waals surface area contributed by atoms with Gasteiger partial charge >= 0.3 is 0 Å². The fourth-order valence-electron chi connectivity index (χ4n) is 7.43. The number of anilines is 5. The molecule has 0 spiro atoms. The van der Waals surface area contributed by atoms with Crippen LogP contribution in [0.5, 0.6) is 0 Å². The Morgan fingerprint density at radius 2 is 1.60 bits per heavy atom. The topological polar surface area (TPSA) is 11.4 Å². The molecule has 55 heavy (non-hydrogen) atoms. The normalized spacial score (nSPS) is 13.5. The van der Waals surface area contributed by atoms with Crippen molar-refractivity contribution in [2.75, 3.05) is 9.80 Å². The summed E-state index contributed by atoms with van der Waals surface area (Å²) in [5.41, 5.74) is 15.0. The predicted molar refractivity (Wildman–Crippen MR) is 242 cm³/mol. The van der Waals surface area contributed by atoms with Crippen molar-refractivity contribution in [3.63, 3.8) is 0 Å². The summed E-state index contributed by atoms with van der Waals surface area (Å²) >= 11 is 0. The van der Waals surface area contributed by atoms with E-state index >= 15 is 0 Å². The second-order valence-corrected chi connectivity index (χ2v) is 14.0. The molecule has 1 aliphatic rings. The van der Waals surface area contributed by atoms with Crippen LogP contribution in [0.15, 0.2) is 177 Å². The summed E-state index contributed by atoms with van der Waals surface area (Å²) in [5.74, 6) is 0. The van der Waals surface area contributed by atoms with Crippen LogP contribution in [-0.4, -0.2) is 4.57 Å². The number of benzene rings is 4. The van der Waals surface area contributed by atoms with Crippen molar-refractivity contribution < 1.29 is 0 Å². The van der Waals surface area contributed by atoms with Gasteiger partial charge in [-0.15, -0.1) is 6.58 Å². The summed E-state index contributed by atoms with van der Waals surface area (Å²) in [6.45, 7) is 19.1. The quantitative estimate of drug-likeness (QED) is 0.0788. The molecule has 0 saturated carbocycles. The largest absolute Gasteiger partial charge is 0.315 e. The number of hydrogen-bond acceptors (Lipinski definition) is 2. The Morgan fingerprint density at radius 1 is 0.800 bits per heavy atom. The van der Waals surface area contributed by atoms with Gasteiger partial charge in [0.15, 0.2) is 0 Å². The second kappa shape index (κ2) is 18.3. The van der Waals surface area contributed by atoms with Crippen molar-refractivity contribution in [3.8, 4) is 0 Å². The monoisotopic (exact) mass is 721 g/mol. The Labute approximate surface area is 329 Å². The molecule has 3 nitrogen and oxygen atoms in total. The van der Waals surface area contributed by atoms with Crippen LogP contribution in [0.25, 0.3) is 22.2 Å². The number of nitrogens with zero attached hydrogens (tertiary/aromatic N) is 3. The maximum absolute atomic E-state index is 4.17. The highest BCUT2D eigenvalue weighted by molar-refractivity contribution is 5.99. The number of fused-ring (bicyclic) bond motifs is 1. The van der Waals surface area contributed by atoms with Crippen LogP contribution in [0, 0.1) is 13.8 Å². The first-order chi connectivity index (χ1) is 26.9. The molecule has 1 aliphatic carbocycles. The van der Waals surface area contributed by atoms with E-state index in [0.29, 0.717) is 0 Å². The molecule has 4 aromatic carbocycles. The first kappa shape index (κ1) is 38.7. The van der Waals surface area contributed by atoms with Crippen LogP contribution >= 0.6 is 0 Å². The molecule has 0 saturated heterocycles. The van der Waals surface area contributed by atoms with E-state index in [1.54, 1.807) is 0 Å². The van der Waals surface area contributed by atoms with Gasteiger partial charge in [-0.05, 0) is 135 Å². The van der Waals surface area contributed by atoms with Crippen LogP contribution in [0.2, 0.25) is 0 Å². The van der Waals surface area contributed by atoms with E-state index in [2.05, 4.69) is 195 Å². The standard InChI is InChI=1S/C52H55N3/c1-8-13-25-42(12-5)43-35-41(22-10-3)36-47(37-43)54(49-30-20-18-24-39(49)6)46-32-33-50(40(7)34-46)55(45-27-16-15-17-28-45)52-38-53(44(23-11-4)26-14-9-2)51-31-21-19-29-48(51)52/h8,10,12-14,16,18-21,23-38H,3,5,9,11,15,17,22H2,1-2,4,6-7H3/b13-8-,26-14-,42-25+,44-23+. The van der Waals surface area contributed by atoms with E-state index in [9.17, 15) is 0 Å². The van der Waals surface area contributed by atoms with Gasteiger partial charge in [0.05, 0.1) is 11.2 Å². The molecule has 1 aromatic heterocycles. The lowest BCUT2D eigenvalue weighted by molar-refractivity contribution is 0.995. The number of hydrogen-bond donors (Lipinski definition) is 0. The lowest BCUT2D eigenvalue weighted by atomic mass is 9.98. The van der Waals surface area contributed by atoms with Crippen molar-refractivity contribution >= 4 is 50.6 Å². The van der Waals surface area contributed by atoms with Gasteiger partial charge in [0.25, 0.3) is 0 Å². The molecule has 278 valence electrons. The summed E-state index contributed by atoms with van der Waals surface area (Å²) in [5, 5.41) is 1.22. The van der Waals surface area contributed by atoms with E-state index in [4.69, 9.17) is 0 Å². The molecule has 0 amide bonds. The summed E-state index contributed by atoms with van der Waals surface area (Å²) < 4.78 is 2.36. The van der Waals surface area contributed by atoms with Crippen LogP contribution < -0.4 is 9.80 Å². The summed E-state index contributed by atoms with van der Waals surface area (Å²) in [6, 6.07) is 31.2. The maximum atomic E-state index is 4.17. The molecular formula is C52H55N3. The molecule has 0 radical (unpaired) electrons. The van der Waals surface area contributed by atoms with E-state index in [0.717, 1.165) is 66.0 Å². The van der Waals surface area contributed by atoms with E-state index in [1.165, 1.54) is 44.7 Å². The van der Waals surface area contributed by atoms with Gasteiger partial charge in [-0.2, -0.15) is 0 Å². The minimum absolute atomic E-state index is 0.767. The minimum Gasteiger partial charge on any atom is -0.315 e. The van der Waals surface area contributed by atoms with Crippen LogP contribution in [0.3, 0.4) is 0 Å². The Kier molecular flexibility index (Phi) is 12.9. The van der Waals surface area contributed by atoms with Crippen molar-refractivity contribution in [2.24, 2.45) is 0 Å². The lowest BCUT2D eigenvalue weighted by Gasteiger charge is -2.31. The van der Waals surface area contributed by atoms with E-state index < -0.39 is 0 Å². The first-order valence-corrected chi connectivity index (χ1v) is 19.7. The van der Waals surface area contributed by atoms with Gasteiger partial charge in [-0.3, -0.25) is 0 Å². The van der Waals surface area contributed by atoms with Gasteiger partial charge in [0, 0.05) is 45.7 Å². The highest BCUT2D eigenvalue weighted by atomic mass is 15.2. The predicted octanol–water partition coefficient (Wildman–Crippen LogP) is 15.2. The van der Waals surface area contributed by atoms with Gasteiger partial charge in [-0.1, -0.05) is 118 Å². The summed E-state index contributed by atoms with van der Waals surface area (Å²) in [7, 11) is 0. The molecule has 0 bridgehead atoms. The van der Waals surface area contributed by atoms with Gasteiger partial charge in [-0.25, -0.2) is 0 Å². The van der Waals surface area contributed by atoms with Gasteiger partial charge < -0.3 is 14.4 Å². The van der Waals surface area contributed by atoms with Crippen LogP contribution in [-0.2, 0) is 6.42 Å². The first-order valence-electron chi connectivity index (χ1n) is 19.7. The fraction of sp³-hybridized carbons (Fsp3) is 0.192. The van der Waals surface area contributed by atoms with Crippen molar-refractivity contribution in [1.29, 1.82) is 0 Å².